The highest BCUT2D eigenvalue weighted by molar-refractivity contribution is 7.44. The van der Waals surface area contributed by atoms with Crippen molar-refractivity contribution >= 4 is 19.6 Å². The monoisotopic (exact) mass is 207 g/mol. The molecule has 0 heterocycles. The Morgan fingerprint density at radius 3 is 2.31 bits per heavy atom. The first-order valence-electron chi connectivity index (χ1n) is 3.83. The molecule has 2 atom stereocenters. The van der Waals surface area contributed by atoms with E-state index in [-0.39, 0.29) is 6.16 Å². The van der Waals surface area contributed by atoms with Gasteiger partial charge in [0, 0.05) is 0 Å². The predicted molar refractivity (Wildman–Crippen MR) is 46.0 cm³/mol. The third-order valence-electron chi connectivity index (χ3n) is 1.66. The molecule has 0 aliphatic rings. The van der Waals surface area contributed by atoms with Crippen molar-refractivity contribution in [2.24, 2.45) is 5.92 Å². The summed E-state index contributed by atoms with van der Waals surface area (Å²) in [6.07, 6.45) is -0.224. The minimum Gasteiger partial charge on any atom is -0.475 e. The molecule has 5 nitrogen and oxygen atoms in total. The van der Waals surface area contributed by atoms with Crippen molar-refractivity contribution in [2.75, 3.05) is 12.5 Å². The van der Waals surface area contributed by atoms with Crippen LogP contribution in [-0.2, 0) is 14.2 Å². The van der Waals surface area contributed by atoms with E-state index in [1.54, 1.807) is 6.92 Å². The van der Waals surface area contributed by atoms with Crippen molar-refractivity contribution in [3.8, 4) is 0 Å². The van der Waals surface area contributed by atoms with Crippen LogP contribution in [0.15, 0.2) is 0 Å². The third-order valence-corrected chi connectivity index (χ3v) is 2.82. The van der Waals surface area contributed by atoms with E-state index in [1.165, 1.54) is 0 Å². The van der Waals surface area contributed by atoms with Crippen LogP contribution < -0.4 is 0 Å². The van der Waals surface area contributed by atoms with E-state index in [2.05, 4.69) is 0 Å². The fourth-order valence-corrected chi connectivity index (χ4v) is 1.91. The van der Waals surface area contributed by atoms with Crippen LogP contribution in [0.2, 0.25) is 0 Å². The van der Waals surface area contributed by atoms with Gasteiger partial charge in [0.05, 0.1) is 5.92 Å². The maximum Gasteiger partial charge on any atom is 0.372 e. The number of aliphatic carboxylic acids is 1. The van der Waals surface area contributed by atoms with Crippen molar-refractivity contribution in [1.82, 2.24) is 0 Å². The largest absolute Gasteiger partial charge is 0.475 e. The SMILES string of the molecule is CCC(C[P+](=O)CO)C(=O)C(=O)O. The normalized spacial score (nSPS) is 13.5. The summed E-state index contributed by atoms with van der Waals surface area (Å²) in [5, 5.41) is 16.8. The van der Waals surface area contributed by atoms with Gasteiger partial charge in [-0.1, -0.05) is 11.5 Å². The Kier molecular flexibility index (Phi) is 5.42. The second-order valence-corrected chi connectivity index (χ2v) is 4.19. The molecule has 6 heteroatoms. The fourth-order valence-electron chi connectivity index (χ4n) is 0.876. The zero-order valence-electron chi connectivity index (χ0n) is 7.27. The molecule has 0 saturated carbocycles. The Morgan fingerprint density at radius 2 is 2.00 bits per heavy atom. The molecule has 0 radical (unpaired) electrons. The Balaban J connectivity index is 4.26. The first-order chi connectivity index (χ1) is 6.02. The number of aliphatic hydroxyl groups excluding tert-OH is 1. The highest BCUT2D eigenvalue weighted by atomic mass is 31.1. The van der Waals surface area contributed by atoms with Gasteiger partial charge in [-0.3, -0.25) is 4.79 Å². The highest BCUT2D eigenvalue weighted by Gasteiger charge is 2.30. The van der Waals surface area contributed by atoms with Gasteiger partial charge >= 0.3 is 13.8 Å². The topological polar surface area (TPSA) is 91.7 Å². The quantitative estimate of drug-likeness (QED) is 0.487. The van der Waals surface area contributed by atoms with Gasteiger partial charge in [0.25, 0.3) is 0 Å². The van der Waals surface area contributed by atoms with Crippen molar-refractivity contribution in [1.29, 1.82) is 0 Å². The molecule has 0 saturated heterocycles. The Bertz CT molecular complexity index is 225. The lowest BCUT2D eigenvalue weighted by atomic mass is 10.0. The number of rotatable bonds is 6. The van der Waals surface area contributed by atoms with Crippen molar-refractivity contribution in [3.05, 3.63) is 0 Å². The van der Waals surface area contributed by atoms with Crippen LogP contribution in [0.3, 0.4) is 0 Å². The lowest BCUT2D eigenvalue weighted by molar-refractivity contribution is -0.150. The smallest absolute Gasteiger partial charge is 0.372 e. The summed E-state index contributed by atoms with van der Waals surface area (Å²) in [5.41, 5.74) is 0. The molecular formula is C7H12O5P+. The molecule has 0 bridgehead atoms. The van der Waals surface area contributed by atoms with Crippen LogP contribution in [0.4, 0.5) is 0 Å². The molecule has 0 aliphatic carbocycles. The maximum absolute atomic E-state index is 10.9. The predicted octanol–water partition coefficient (Wildman–Crippen LogP) is 0.443. The van der Waals surface area contributed by atoms with Crippen LogP contribution >= 0.6 is 7.80 Å². The molecule has 0 amide bonds. The Morgan fingerprint density at radius 1 is 1.46 bits per heavy atom. The molecule has 0 aromatic rings. The van der Waals surface area contributed by atoms with Crippen LogP contribution in [0.25, 0.3) is 0 Å². The number of ketones is 1. The van der Waals surface area contributed by atoms with Gasteiger partial charge in [-0.05, 0) is 6.42 Å². The van der Waals surface area contributed by atoms with Gasteiger partial charge in [-0.2, -0.15) is 0 Å². The Hall–Kier alpha value is -0.800. The molecule has 13 heavy (non-hydrogen) atoms. The lowest BCUT2D eigenvalue weighted by Crippen LogP contribution is -2.24. The lowest BCUT2D eigenvalue weighted by Gasteiger charge is -2.02. The Labute approximate surface area is 76.5 Å². The summed E-state index contributed by atoms with van der Waals surface area (Å²) < 4.78 is 10.9. The number of carboxylic acid groups (broad SMARTS) is 1. The molecule has 2 N–H and O–H groups in total. The number of hydrogen-bond acceptors (Lipinski definition) is 4. The summed E-state index contributed by atoms with van der Waals surface area (Å²) in [7, 11) is -1.86. The van der Waals surface area contributed by atoms with E-state index in [1.807, 2.05) is 0 Å². The number of carboxylic acids is 1. The van der Waals surface area contributed by atoms with E-state index in [0.29, 0.717) is 6.42 Å². The van der Waals surface area contributed by atoms with Gasteiger partial charge in [-0.25, -0.2) is 4.79 Å². The van der Waals surface area contributed by atoms with Gasteiger partial charge in [0.1, 0.15) is 0 Å². The number of Topliss-reactive ketones (excluding diaryl/α,β-unsaturated/α-hetero) is 1. The zero-order valence-corrected chi connectivity index (χ0v) is 8.16. The van der Waals surface area contributed by atoms with Crippen molar-refractivity contribution < 1.29 is 24.4 Å². The summed E-state index contributed by atoms with van der Waals surface area (Å²) in [4.78, 5) is 21.2. The molecule has 0 aromatic heterocycles. The second kappa shape index (κ2) is 5.78. The maximum atomic E-state index is 10.9. The first kappa shape index (κ1) is 12.2. The van der Waals surface area contributed by atoms with Crippen LogP contribution in [0.5, 0.6) is 0 Å². The van der Waals surface area contributed by atoms with Gasteiger partial charge in [-0.15, -0.1) is 0 Å². The van der Waals surface area contributed by atoms with Crippen LogP contribution in [0.1, 0.15) is 13.3 Å². The van der Waals surface area contributed by atoms with Crippen molar-refractivity contribution in [3.63, 3.8) is 0 Å². The van der Waals surface area contributed by atoms with Crippen LogP contribution in [-0.4, -0.2) is 34.5 Å². The number of hydrogen-bond donors (Lipinski definition) is 2. The van der Waals surface area contributed by atoms with Gasteiger partial charge in [0.15, 0.2) is 6.16 Å². The van der Waals surface area contributed by atoms with E-state index in [9.17, 15) is 14.2 Å². The molecular weight excluding hydrogens is 195 g/mol. The number of aliphatic hydroxyl groups is 1. The first-order valence-corrected chi connectivity index (χ1v) is 5.46. The molecule has 0 spiro atoms. The van der Waals surface area contributed by atoms with E-state index in [0.717, 1.165) is 0 Å². The van der Waals surface area contributed by atoms with Gasteiger partial charge in [0.2, 0.25) is 12.1 Å². The average molecular weight is 207 g/mol. The highest BCUT2D eigenvalue weighted by Crippen LogP contribution is 2.24. The number of carbonyl (C=O) groups excluding carboxylic acids is 1. The average Bonchev–Trinajstić information content (AvgIpc) is 2.12. The van der Waals surface area contributed by atoms with E-state index in [4.69, 9.17) is 10.2 Å². The minimum absolute atomic E-state index is 0.0481. The van der Waals surface area contributed by atoms with E-state index < -0.39 is 31.8 Å². The summed E-state index contributed by atoms with van der Waals surface area (Å²) in [6, 6.07) is 0. The molecule has 0 fully saturated rings. The zero-order chi connectivity index (χ0) is 10.4. The summed E-state index contributed by atoms with van der Waals surface area (Å²) in [5.74, 6) is -3.18. The van der Waals surface area contributed by atoms with Gasteiger partial charge < -0.3 is 10.2 Å². The molecule has 74 valence electrons. The van der Waals surface area contributed by atoms with Crippen LogP contribution in [0, 0.1) is 5.92 Å². The number of carbonyl (C=O) groups is 2. The summed E-state index contributed by atoms with van der Waals surface area (Å²) >= 11 is 0. The fraction of sp³-hybridized carbons (Fsp3) is 0.714. The molecule has 0 aliphatic heterocycles. The second-order valence-electron chi connectivity index (χ2n) is 2.58. The van der Waals surface area contributed by atoms with E-state index >= 15 is 0 Å². The molecule has 0 aromatic carbocycles. The summed E-state index contributed by atoms with van der Waals surface area (Å²) in [6.45, 7) is 1.64. The minimum atomic E-state index is -1.86. The van der Waals surface area contributed by atoms with Crippen molar-refractivity contribution in [2.45, 2.75) is 13.3 Å². The standard InChI is InChI=1S/C7H11O5P/c1-2-5(3-13(12)4-8)6(9)7(10)11/h5,8H,2-4H2,1H3/p+1. The molecule has 0 rings (SSSR count). The third kappa shape index (κ3) is 4.10. The molecule has 2 unspecified atom stereocenters.